The predicted molar refractivity (Wildman–Crippen MR) is 65.7 cm³/mol. The SMILES string of the molecule is CN(C(=O)C1CC12CCCC2)C1CNC1.Cl. The van der Waals surface area contributed by atoms with E-state index in [0.29, 0.717) is 23.3 Å². The van der Waals surface area contributed by atoms with E-state index in [9.17, 15) is 4.79 Å². The lowest BCUT2D eigenvalue weighted by molar-refractivity contribution is -0.135. The fraction of sp³-hybridized carbons (Fsp3) is 0.917. The number of amides is 1. The molecule has 3 rings (SSSR count). The van der Waals surface area contributed by atoms with Gasteiger partial charge < -0.3 is 10.2 Å². The minimum atomic E-state index is 0. The van der Waals surface area contributed by atoms with Crippen LogP contribution in [0.5, 0.6) is 0 Å². The Labute approximate surface area is 103 Å². The molecule has 1 unspecified atom stereocenters. The second-order valence-electron chi connectivity index (χ2n) is 5.59. The van der Waals surface area contributed by atoms with Crippen molar-refractivity contribution in [2.75, 3.05) is 20.1 Å². The summed E-state index contributed by atoms with van der Waals surface area (Å²) in [5, 5.41) is 3.22. The number of rotatable bonds is 2. The first kappa shape index (κ1) is 12.2. The molecule has 1 saturated heterocycles. The van der Waals surface area contributed by atoms with Crippen molar-refractivity contribution >= 4 is 18.3 Å². The number of hydrogen-bond donors (Lipinski definition) is 1. The van der Waals surface area contributed by atoms with Gasteiger partial charge in [0.2, 0.25) is 5.91 Å². The van der Waals surface area contributed by atoms with Crippen molar-refractivity contribution in [1.29, 1.82) is 0 Å². The summed E-state index contributed by atoms with van der Waals surface area (Å²) in [6.45, 7) is 1.98. The van der Waals surface area contributed by atoms with Gasteiger partial charge in [-0.05, 0) is 24.7 Å². The summed E-state index contributed by atoms with van der Waals surface area (Å²) in [7, 11) is 1.98. The van der Waals surface area contributed by atoms with Crippen molar-refractivity contribution in [3.63, 3.8) is 0 Å². The summed E-state index contributed by atoms with van der Waals surface area (Å²) in [6.07, 6.45) is 6.48. The molecule has 0 radical (unpaired) electrons. The van der Waals surface area contributed by atoms with Crippen molar-refractivity contribution in [3.05, 3.63) is 0 Å². The van der Waals surface area contributed by atoms with Crippen LogP contribution in [0.25, 0.3) is 0 Å². The molecule has 3 nitrogen and oxygen atoms in total. The lowest BCUT2D eigenvalue weighted by Crippen LogP contribution is -2.57. The molecule has 2 aliphatic carbocycles. The van der Waals surface area contributed by atoms with Crippen molar-refractivity contribution in [2.24, 2.45) is 11.3 Å². The third-order valence-electron chi connectivity index (χ3n) is 4.74. The van der Waals surface area contributed by atoms with E-state index >= 15 is 0 Å². The number of carbonyl (C=O) groups is 1. The largest absolute Gasteiger partial charge is 0.340 e. The van der Waals surface area contributed by atoms with Gasteiger partial charge in [0.05, 0.1) is 6.04 Å². The topological polar surface area (TPSA) is 32.3 Å². The Morgan fingerprint density at radius 3 is 2.44 bits per heavy atom. The Hall–Kier alpha value is -0.280. The van der Waals surface area contributed by atoms with E-state index in [-0.39, 0.29) is 12.4 Å². The standard InChI is InChI=1S/C12H20N2O.ClH/c1-14(9-7-13-8-9)11(15)10-6-12(10)4-2-3-5-12;/h9-10,13H,2-8H2,1H3;1H. The second kappa shape index (κ2) is 4.19. The highest BCUT2D eigenvalue weighted by Crippen LogP contribution is 2.63. The maximum Gasteiger partial charge on any atom is 0.226 e. The molecular weight excluding hydrogens is 224 g/mol. The number of carbonyl (C=O) groups excluding carboxylic acids is 1. The number of nitrogens with one attached hydrogen (secondary N) is 1. The fourth-order valence-electron chi connectivity index (χ4n) is 3.30. The monoisotopic (exact) mass is 244 g/mol. The van der Waals surface area contributed by atoms with Crippen LogP contribution in [-0.4, -0.2) is 37.0 Å². The van der Waals surface area contributed by atoms with Crippen LogP contribution < -0.4 is 5.32 Å². The average Bonchev–Trinajstić information content (AvgIpc) is 2.60. The predicted octanol–water partition coefficient (Wildman–Crippen LogP) is 1.42. The normalized spacial score (nSPS) is 30.7. The van der Waals surface area contributed by atoms with E-state index in [4.69, 9.17) is 0 Å². The number of halogens is 1. The van der Waals surface area contributed by atoms with Crippen LogP contribution in [-0.2, 0) is 4.79 Å². The van der Waals surface area contributed by atoms with Crippen molar-refractivity contribution < 1.29 is 4.79 Å². The molecule has 0 aromatic carbocycles. The van der Waals surface area contributed by atoms with E-state index < -0.39 is 0 Å². The molecule has 0 bridgehead atoms. The average molecular weight is 245 g/mol. The molecule has 1 aliphatic heterocycles. The van der Waals surface area contributed by atoms with E-state index in [1.807, 2.05) is 11.9 Å². The molecule has 2 saturated carbocycles. The van der Waals surface area contributed by atoms with Gasteiger partial charge in [0.25, 0.3) is 0 Å². The zero-order valence-electron chi connectivity index (χ0n) is 9.87. The van der Waals surface area contributed by atoms with Gasteiger partial charge in [-0.1, -0.05) is 12.8 Å². The molecule has 0 aromatic rings. The van der Waals surface area contributed by atoms with Crippen LogP contribution in [0.2, 0.25) is 0 Å². The molecule has 16 heavy (non-hydrogen) atoms. The molecule has 92 valence electrons. The quantitative estimate of drug-likeness (QED) is 0.797. The number of hydrogen-bond acceptors (Lipinski definition) is 2. The Morgan fingerprint density at radius 2 is 1.94 bits per heavy atom. The minimum Gasteiger partial charge on any atom is -0.340 e. The maximum absolute atomic E-state index is 12.2. The first-order chi connectivity index (χ1) is 7.23. The molecule has 1 N–H and O–H groups in total. The van der Waals surface area contributed by atoms with E-state index in [0.717, 1.165) is 13.1 Å². The van der Waals surface area contributed by atoms with Crippen LogP contribution in [0.4, 0.5) is 0 Å². The molecule has 1 amide bonds. The highest BCUT2D eigenvalue weighted by molar-refractivity contribution is 5.85. The van der Waals surface area contributed by atoms with Gasteiger partial charge in [-0.3, -0.25) is 4.79 Å². The fourth-order valence-corrected chi connectivity index (χ4v) is 3.30. The van der Waals surface area contributed by atoms with Gasteiger partial charge in [0.1, 0.15) is 0 Å². The molecule has 3 aliphatic rings. The Kier molecular flexibility index (Phi) is 3.19. The molecule has 0 aromatic heterocycles. The second-order valence-corrected chi connectivity index (χ2v) is 5.59. The maximum atomic E-state index is 12.2. The summed E-state index contributed by atoms with van der Waals surface area (Å²) < 4.78 is 0. The number of nitrogens with zero attached hydrogens (tertiary/aromatic N) is 1. The van der Waals surface area contributed by atoms with Crippen LogP contribution in [0.1, 0.15) is 32.1 Å². The zero-order valence-corrected chi connectivity index (χ0v) is 10.7. The first-order valence-corrected chi connectivity index (χ1v) is 6.20. The Balaban J connectivity index is 0.000000963. The lowest BCUT2D eigenvalue weighted by Gasteiger charge is -2.36. The zero-order chi connectivity index (χ0) is 10.5. The van der Waals surface area contributed by atoms with Crippen LogP contribution in [0.15, 0.2) is 0 Å². The van der Waals surface area contributed by atoms with Crippen LogP contribution in [0, 0.1) is 11.3 Å². The molecule has 1 heterocycles. The number of likely N-dealkylation sites (N-methyl/N-ethyl adjacent to an activating group) is 1. The molecule has 1 atom stereocenters. The smallest absolute Gasteiger partial charge is 0.226 e. The highest BCUT2D eigenvalue weighted by atomic mass is 35.5. The van der Waals surface area contributed by atoms with Gasteiger partial charge >= 0.3 is 0 Å². The summed E-state index contributed by atoms with van der Waals surface area (Å²) in [6, 6.07) is 0.469. The van der Waals surface area contributed by atoms with Crippen LogP contribution >= 0.6 is 12.4 Å². The van der Waals surface area contributed by atoms with Crippen molar-refractivity contribution in [2.45, 2.75) is 38.1 Å². The first-order valence-electron chi connectivity index (χ1n) is 6.20. The van der Waals surface area contributed by atoms with E-state index in [1.165, 1.54) is 32.1 Å². The highest BCUT2D eigenvalue weighted by Gasteiger charge is 2.59. The van der Waals surface area contributed by atoms with E-state index in [2.05, 4.69) is 5.32 Å². The van der Waals surface area contributed by atoms with Crippen molar-refractivity contribution in [3.8, 4) is 0 Å². The summed E-state index contributed by atoms with van der Waals surface area (Å²) in [5.74, 6) is 0.800. The molecule has 3 fully saturated rings. The van der Waals surface area contributed by atoms with Crippen LogP contribution in [0.3, 0.4) is 0 Å². The van der Waals surface area contributed by atoms with Gasteiger partial charge in [0, 0.05) is 26.1 Å². The summed E-state index contributed by atoms with van der Waals surface area (Å²) >= 11 is 0. The molecule has 4 heteroatoms. The Morgan fingerprint density at radius 1 is 1.31 bits per heavy atom. The summed E-state index contributed by atoms with van der Waals surface area (Å²) in [4.78, 5) is 14.2. The molecule has 1 spiro atoms. The third kappa shape index (κ3) is 1.74. The van der Waals surface area contributed by atoms with Gasteiger partial charge in [-0.25, -0.2) is 0 Å². The van der Waals surface area contributed by atoms with E-state index in [1.54, 1.807) is 0 Å². The summed E-state index contributed by atoms with van der Waals surface area (Å²) in [5.41, 5.74) is 0.461. The van der Waals surface area contributed by atoms with Gasteiger partial charge in [-0.2, -0.15) is 0 Å². The molecular formula is C12H21ClN2O. The van der Waals surface area contributed by atoms with Crippen molar-refractivity contribution in [1.82, 2.24) is 10.2 Å². The Bertz CT molecular complexity index is 285. The van der Waals surface area contributed by atoms with Gasteiger partial charge in [0.15, 0.2) is 0 Å². The third-order valence-corrected chi connectivity index (χ3v) is 4.74. The van der Waals surface area contributed by atoms with Gasteiger partial charge in [-0.15, -0.1) is 12.4 Å². The lowest BCUT2D eigenvalue weighted by atomic mass is 10.0. The minimum absolute atomic E-state index is 0.